The van der Waals surface area contributed by atoms with Gasteiger partial charge in [0.25, 0.3) is 5.91 Å². The van der Waals surface area contributed by atoms with E-state index in [1.165, 1.54) is 0 Å². The molecule has 0 aliphatic rings. The number of nitrogens with one attached hydrogen (secondary N) is 1. The Hall–Kier alpha value is -1.72. The molecule has 1 heterocycles. The van der Waals surface area contributed by atoms with E-state index in [-0.39, 0.29) is 17.9 Å². The van der Waals surface area contributed by atoms with Crippen molar-refractivity contribution >= 4 is 34.9 Å². The maximum absolute atomic E-state index is 11.8. The molecular weight excluding hydrogens is 327 g/mol. The summed E-state index contributed by atoms with van der Waals surface area (Å²) in [5, 5.41) is 7.25. The minimum absolute atomic E-state index is 0.180. The van der Waals surface area contributed by atoms with Gasteiger partial charge in [-0.15, -0.1) is 0 Å². The van der Waals surface area contributed by atoms with Gasteiger partial charge in [0, 0.05) is 22.6 Å². The monoisotopic (exact) mass is 342 g/mol. The van der Waals surface area contributed by atoms with Crippen LogP contribution in [0, 0.1) is 0 Å². The Morgan fingerprint density at radius 2 is 2.05 bits per heavy atom. The van der Waals surface area contributed by atoms with E-state index in [1.54, 1.807) is 24.3 Å². The van der Waals surface area contributed by atoms with Gasteiger partial charge in [-0.1, -0.05) is 49.1 Å². The van der Waals surface area contributed by atoms with Crippen molar-refractivity contribution in [2.24, 2.45) is 0 Å². The van der Waals surface area contributed by atoms with E-state index in [9.17, 15) is 4.79 Å². The number of hydrogen-bond donors (Lipinski definition) is 1. The lowest BCUT2D eigenvalue weighted by Crippen LogP contribution is -2.20. The summed E-state index contributed by atoms with van der Waals surface area (Å²) >= 11 is 11.8. The molecule has 1 aromatic heterocycles. The molecule has 7 heteroatoms. The van der Waals surface area contributed by atoms with E-state index in [2.05, 4.69) is 10.5 Å². The Kier molecular flexibility index (Phi) is 4.98. The number of anilines is 1. The number of carbonyl (C=O) groups excluding carboxylic acids is 1. The number of aromatic nitrogens is 1. The largest absolute Gasteiger partial charge is 0.482 e. The Balaban J connectivity index is 1.93. The van der Waals surface area contributed by atoms with E-state index >= 15 is 0 Å². The van der Waals surface area contributed by atoms with Gasteiger partial charge in [-0.05, 0) is 12.1 Å². The first-order chi connectivity index (χ1) is 10.3. The lowest BCUT2D eigenvalue weighted by Gasteiger charge is -2.12. The van der Waals surface area contributed by atoms with Crippen LogP contribution in [-0.2, 0) is 10.2 Å². The smallest absolute Gasteiger partial charge is 0.263 e. The lowest BCUT2D eigenvalue weighted by molar-refractivity contribution is -0.118. The average Bonchev–Trinajstić information content (AvgIpc) is 2.88. The van der Waals surface area contributed by atoms with Gasteiger partial charge in [-0.3, -0.25) is 4.79 Å². The summed E-state index contributed by atoms with van der Waals surface area (Å²) in [7, 11) is 0. The molecule has 0 radical (unpaired) electrons. The number of ether oxygens (including phenoxy) is 1. The molecule has 0 bridgehead atoms. The van der Waals surface area contributed by atoms with Crippen molar-refractivity contribution in [3.05, 3.63) is 40.1 Å². The first-order valence-corrected chi connectivity index (χ1v) is 7.36. The minimum atomic E-state index is -0.371. The van der Waals surface area contributed by atoms with E-state index in [0.29, 0.717) is 27.4 Å². The molecule has 0 fully saturated rings. The first kappa shape index (κ1) is 16.6. The number of rotatable bonds is 4. The van der Waals surface area contributed by atoms with Gasteiger partial charge in [0.15, 0.2) is 12.4 Å². The highest BCUT2D eigenvalue weighted by Crippen LogP contribution is 2.28. The Morgan fingerprint density at radius 1 is 1.32 bits per heavy atom. The molecular formula is C15H16Cl2N2O3. The van der Waals surface area contributed by atoms with Crippen LogP contribution in [0.15, 0.2) is 28.8 Å². The molecule has 0 spiro atoms. The molecule has 0 saturated carbocycles. The normalized spacial score (nSPS) is 11.3. The fourth-order valence-electron chi connectivity index (χ4n) is 1.60. The van der Waals surface area contributed by atoms with Crippen LogP contribution in [0.1, 0.15) is 26.5 Å². The first-order valence-electron chi connectivity index (χ1n) is 6.60. The van der Waals surface area contributed by atoms with E-state index in [1.807, 2.05) is 20.8 Å². The summed E-state index contributed by atoms with van der Waals surface area (Å²) in [4.78, 5) is 11.8. The quantitative estimate of drug-likeness (QED) is 0.899. The number of nitrogens with zero attached hydrogens (tertiary/aromatic N) is 1. The van der Waals surface area contributed by atoms with Crippen molar-refractivity contribution in [1.29, 1.82) is 0 Å². The van der Waals surface area contributed by atoms with Crippen LogP contribution in [0.4, 0.5) is 5.82 Å². The zero-order valence-electron chi connectivity index (χ0n) is 12.4. The van der Waals surface area contributed by atoms with Crippen LogP contribution in [-0.4, -0.2) is 17.7 Å². The number of benzene rings is 1. The number of hydrogen-bond acceptors (Lipinski definition) is 4. The number of amides is 1. The summed E-state index contributed by atoms with van der Waals surface area (Å²) in [5.41, 5.74) is -0.180. The zero-order chi connectivity index (χ0) is 16.3. The van der Waals surface area contributed by atoms with Gasteiger partial charge >= 0.3 is 0 Å². The summed E-state index contributed by atoms with van der Waals surface area (Å²) in [5.74, 6) is 1.00. The second kappa shape index (κ2) is 6.58. The topological polar surface area (TPSA) is 64.4 Å². The molecule has 0 atom stereocenters. The third-order valence-corrected chi connectivity index (χ3v) is 3.32. The van der Waals surface area contributed by atoms with Gasteiger partial charge in [0.1, 0.15) is 11.5 Å². The molecule has 2 rings (SSSR count). The molecule has 0 saturated heterocycles. The second-order valence-electron chi connectivity index (χ2n) is 5.74. The van der Waals surface area contributed by atoms with Gasteiger partial charge in [-0.2, -0.15) is 0 Å². The number of carbonyl (C=O) groups is 1. The minimum Gasteiger partial charge on any atom is -0.482 e. The third kappa shape index (κ3) is 4.39. The summed E-state index contributed by atoms with van der Waals surface area (Å²) in [6.07, 6.45) is 0. The summed E-state index contributed by atoms with van der Waals surface area (Å²) in [6, 6.07) is 6.47. The molecule has 1 amide bonds. The van der Waals surface area contributed by atoms with Crippen molar-refractivity contribution in [3.8, 4) is 5.75 Å². The maximum atomic E-state index is 11.8. The number of halogens is 2. The van der Waals surface area contributed by atoms with E-state index in [4.69, 9.17) is 32.5 Å². The zero-order valence-corrected chi connectivity index (χ0v) is 14.0. The Morgan fingerprint density at radius 3 is 2.68 bits per heavy atom. The maximum Gasteiger partial charge on any atom is 0.263 e. The van der Waals surface area contributed by atoms with Crippen LogP contribution in [0.5, 0.6) is 5.75 Å². The van der Waals surface area contributed by atoms with Gasteiger partial charge < -0.3 is 14.6 Å². The predicted molar refractivity (Wildman–Crippen MR) is 85.8 cm³/mol. The molecule has 0 unspecified atom stereocenters. The van der Waals surface area contributed by atoms with E-state index < -0.39 is 0 Å². The molecule has 0 aliphatic heterocycles. The molecule has 0 aliphatic carbocycles. The molecule has 5 nitrogen and oxygen atoms in total. The standard InChI is InChI=1S/C15H16Cl2N2O3/c1-15(2,3)12-7-13(19-22-12)18-14(20)8-21-11-6-9(16)4-5-10(11)17/h4-7H,8H2,1-3H3,(H,18,19,20). The van der Waals surface area contributed by atoms with Crippen molar-refractivity contribution in [1.82, 2.24) is 5.16 Å². The second-order valence-corrected chi connectivity index (χ2v) is 6.58. The van der Waals surface area contributed by atoms with Crippen LogP contribution in [0.25, 0.3) is 0 Å². The van der Waals surface area contributed by atoms with Crippen LogP contribution < -0.4 is 10.1 Å². The van der Waals surface area contributed by atoms with Crippen molar-refractivity contribution in [2.75, 3.05) is 11.9 Å². The molecule has 1 N–H and O–H groups in total. The average molecular weight is 343 g/mol. The van der Waals surface area contributed by atoms with Crippen LogP contribution in [0.3, 0.4) is 0 Å². The molecule has 118 valence electrons. The fraction of sp³-hybridized carbons (Fsp3) is 0.333. The van der Waals surface area contributed by atoms with Gasteiger partial charge in [0.2, 0.25) is 0 Å². The molecule has 2 aromatic rings. The highest BCUT2D eigenvalue weighted by Gasteiger charge is 2.20. The predicted octanol–water partition coefficient (Wildman–Crippen LogP) is 4.30. The van der Waals surface area contributed by atoms with Crippen LogP contribution in [0.2, 0.25) is 10.0 Å². The fourth-order valence-corrected chi connectivity index (χ4v) is 1.93. The van der Waals surface area contributed by atoms with Crippen molar-refractivity contribution < 1.29 is 14.1 Å². The molecule has 22 heavy (non-hydrogen) atoms. The SMILES string of the molecule is CC(C)(C)c1cc(NC(=O)COc2cc(Cl)ccc2Cl)no1. The lowest BCUT2D eigenvalue weighted by atomic mass is 9.93. The summed E-state index contributed by atoms with van der Waals surface area (Å²) in [6.45, 7) is 5.76. The van der Waals surface area contributed by atoms with Gasteiger partial charge in [-0.25, -0.2) is 0 Å². The van der Waals surface area contributed by atoms with Crippen molar-refractivity contribution in [3.63, 3.8) is 0 Å². The van der Waals surface area contributed by atoms with Crippen LogP contribution >= 0.6 is 23.2 Å². The highest BCUT2D eigenvalue weighted by atomic mass is 35.5. The Bertz CT molecular complexity index is 678. The van der Waals surface area contributed by atoms with Gasteiger partial charge in [0.05, 0.1) is 5.02 Å². The third-order valence-electron chi connectivity index (χ3n) is 2.77. The molecule has 1 aromatic carbocycles. The highest BCUT2D eigenvalue weighted by molar-refractivity contribution is 6.34. The van der Waals surface area contributed by atoms with E-state index in [0.717, 1.165) is 0 Å². The summed E-state index contributed by atoms with van der Waals surface area (Å²) < 4.78 is 10.5. The Labute approximate surface area is 138 Å². The van der Waals surface area contributed by atoms with Crippen molar-refractivity contribution in [2.45, 2.75) is 26.2 Å².